The first-order chi connectivity index (χ1) is 10.8. The van der Waals surface area contributed by atoms with Crippen LogP contribution in [0.2, 0.25) is 0 Å². The molecule has 3 rings (SSSR count). The van der Waals surface area contributed by atoms with Crippen LogP contribution in [0.15, 0.2) is 22.5 Å². The van der Waals surface area contributed by atoms with Gasteiger partial charge in [0.15, 0.2) is 5.96 Å². The second-order valence-electron chi connectivity index (χ2n) is 5.48. The van der Waals surface area contributed by atoms with Crippen LogP contribution < -0.4 is 5.73 Å². The van der Waals surface area contributed by atoms with Gasteiger partial charge >= 0.3 is 0 Å². The number of ether oxygens (including phenoxy) is 2. The number of hydrogen-bond acceptors (Lipinski definition) is 5. The molecule has 6 nitrogen and oxygen atoms in total. The number of nitrogens with two attached hydrogens (primary N) is 1. The molecule has 2 N–H and O–H groups in total. The van der Waals surface area contributed by atoms with Gasteiger partial charge in [-0.15, -0.1) is 11.3 Å². The molecule has 0 aromatic carbocycles. The maximum atomic E-state index is 6.16. The van der Waals surface area contributed by atoms with Crippen LogP contribution in [0.3, 0.4) is 0 Å². The highest BCUT2D eigenvalue weighted by Gasteiger charge is 2.23. The standard InChI is InChI=1S/C15H24N4O2S/c16-15(19-5-9-21-10-6-19)17-12-13(14-2-1-11-22-14)18-3-7-20-8-4-18/h1-2,11,13H,3-10,12H2,(H2,16,17). The summed E-state index contributed by atoms with van der Waals surface area (Å²) in [7, 11) is 0. The van der Waals surface area contributed by atoms with E-state index in [1.807, 2.05) is 0 Å². The van der Waals surface area contributed by atoms with Gasteiger partial charge in [-0.25, -0.2) is 0 Å². The van der Waals surface area contributed by atoms with Gasteiger partial charge < -0.3 is 20.1 Å². The van der Waals surface area contributed by atoms with Crippen molar-refractivity contribution in [1.82, 2.24) is 9.80 Å². The van der Waals surface area contributed by atoms with Gasteiger partial charge in [-0.1, -0.05) is 6.07 Å². The monoisotopic (exact) mass is 324 g/mol. The molecule has 2 aliphatic heterocycles. The van der Waals surface area contributed by atoms with Gasteiger partial charge in [0.1, 0.15) is 0 Å². The lowest BCUT2D eigenvalue weighted by molar-refractivity contribution is 0.0185. The minimum Gasteiger partial charge on any atom is -0.379 e. The third-order valence-electron chi connectivity index (χ3n) is 4.12. The third kappa shape index (κ3) is 3.98. The molecule has 0 spiro atoms. The van der Waals surface area contributed by atoms with Crippen LogP contribution in [0.4, 0.5) is 0 Å². The van der Waals surface area contributed by atoms with Crippen molar-refractivity contribution in [2.45, 2.75) is 6.04 Å². The van der Waals surface area contributed by atoms with Crippen LogP contribution in [0.5, 0.6) is 0 Å². The average molecular weight is 324 g/mol. The minimum absolute atomic E-state index is 0.295. The lowest BCUT2D eigenvalue weighted by Gasteiger charge is -2.33. The number of thiophene rings is 1. The van der Waals surface area contributed by atoms with E-state index in [0.717, 1.165) is 52.6 Å². The van der Waals surface area contributed by atoms with Crippen LogP contribution in [0.25, 0.3) is 0 Å². The van der Waals surface area contributed by atoms with Crippen molar-refractivity contribution in [1.29, 1.82) is 0 Å². The Bertz CT molecular complexity index is 468. The quantitative estimate of drug-likeness (QED) is 0.655. The number of rotatable bonds is 4. The predicted octanol–water partition coefficient (Wildman–Crippen LogP) is 0.768. The van der Waals surface area contributed by atoms with Crippen molar-refractivity contribution < 1.29 is 9.47 Å². The van der Waals surface area contributed by atoms with E-state index >= 15 is 0 Å². The highest BCUT2D eigenvalue weighted by Crippen LogP contribution is 2.26. The Labute approximate surface area is 135 Å². The number of aliphatic imine (C=N–C) groups is 1. The Morgan fingerprint density at radius 1 is 1.18 bits per heavy atom. The van der Waals surface area contributed by atoms with Crippen molar-refractivity contribution in [2.75, 3.05) is 59.2 Å². The van der Waals surface area contributed by atoms with Gasteiger partial charge in [0.05, 0.1) is 39.0 Å². The van der Waals surface area contributed by atoms with E-state index in [9.17, 15) is 0 Å². The Morgan fingerprint density at radius 2 is 1.86 bits per heavy atom. The smallest absolute Gasteiger partial charge is 0.191 e. The minimum atomic E-state index is 0.295. The van der Waals surface area contributed by atoms with E-state index < -0.39 is 0 Å². The first kappa shape index (κ1) is 15.7. The van der Waals surface area contributed by atoms with E-state index in [0.29, 0.717) is 18.5 Å². The van der Waals surface area contributed by atoms with Gasteiger partial charge in [0.2, 0.25) is 0 Å². The molecular weight excluding hydrogens is 300 g/mol. The van der Waals surface area contributed by atoms with Gasteiger partial charge in [-0.3, -0.25) is 9.89 Å². The summed E-state index contributed by atoms with van der Waals surface area (Å²) in [6, 6.07) is 4.58. The molecule has 1 unspecified atom stereocenters. The molecule has 1 aromatic rings. The molecule has 22 heavy (non-hydrogen) atoms. The maximum Gasteiger partial charge on any atom is 0.191 e. The van der Waals surface area contributed by atoms with Crippen molar-refractivity contribution >= 4 is 17.3 Å². The molecule has 0 amide bonds. The fourth-order valence-electron chi connectivity index (χ4n) is 2.83. The first-order valence-corrected chi connectivity index (χ1v) is 8.70. The zero-order valence-corrected chi connectivity index (χ0v) is 13.6. The summed E-state index contributed by atoms with van der Waals surface area (Å²) < 4.78 is 10.8. The van der Waals surface area contributed by atoms with Crippen molar-refractivity contribution in [2.24, 2.45) is 10.7 Å². The number of guanidine groups is 1. The van der Waals surface area contributed by atoms with Gasteiger partial charge in [-0.05, 0) is 11.4 Å². The highest BCUT2D eigenvalue weighted by atomic mass is 32.1. The van der Waals surface area contributed by atoms with Crippen LogP contribution in [-0.2, 0) is 9.47 Å². The van der Waals surface area contributed by atoms with Gasteiger partial charge in [0, 0.05) is 31.1 Å². The fraction of sp³-hybridized carbons (Fsp3) is 0.667. The SMILES string of the molecule is NC(=NCC(c1cccs1)N1CCOCC1)N1CCOCC1. The van der Waals surface area contributed by atoms with Crippen LogP contribution in [0, 0.1) is 0 Å². The second-order valence-corrected chi connectivity index (χ2v) is 6.46. The van der Waals surface area contributed by atoms with Crippen molar-refractivity contribution in [3.63, 3.8) is 0 Å². The largest absolute Gasteiger partial charge is 0.379 e. The van der Waals surface area contributed by atoms with E-state index in [1.54, 1.807) is 11.3 Å². The Morgan fingerprint density at radius 3 is 2.50 bits per heavy atom. The Kier molecular flexibility index (Phi) is 5.66. The maximum absolute atomic E-state index is 6.16. The predicted molar refractivity (Wildman–Crippen MR) is 88.3 cm³/mol. The topological polar surface area (TPSA) is 63.3 Å². The van der Waals surface area contributed by atoms with Crippen LogP contribution >= 0.6 is 11.3 Å². The molecule has 0 bridgehead atoms. The molecular formula is C15H24N4O2S. The molecule has 0 radical (unpaired) electrons. The number of nitrogens with zero attached hydrogens (tertiary/aromatic N) is 3. The highest BCUT2D eigenvalue weighted by molar-refractivity contribution is 7.10. The second kappa shape index (κ2) is 7.92. The Hall–Kier alpha value is -1.15. The summed E-state index contributed by atoms with van der Waals surface area (Å²) in [6.45, 7) is 7.32. The third-order valence-corrected chi connectivity index (χ3v) is 5.09. The molecule has 2 aliphatic rings. The van der Waals surface area contributed by atoms with Crippen LogP contribution in [-0.4, -0.2) is 74.9 Å². The summed E-state index contributed by atoms with van der Waals surface area (Å²) in [5.74, 6) is 0.637. The number of hydrogen-bond donors (Lipinski definition) is 1. The van der Waals surface area contributed by atoms with E-state index in [2.05, 4.69) is 32.3 Å². The summed E-state index contributed by atoms with van der Waals surface area (Å²) >= 11 is 1.79. The lowest BCUT2D eigenvalue weighted by atomic mass is 10.2. The molecule has 1 aromatic heterocycles. The average Bonchev–Trinajstić information content (AvgIpc) is 3.11. The molecule has 3 heterocycles. The lowest BCUT2D eigenvalue weighted by Crippen LogP contribution is -2.45. The summed E-state index contributed by atoms with van der Waals surface area (Å²) in [5.41, 5.74) is 6.16. The molecule has 7 heteroatoms. The zero-order valence-electron chi connectivity index (χ0n) is 12.8. The molecule has 0 saturated carbocycles. The summed E-state index contributed by atoms with van der Waals surface area (Å²) in [4.78, 5) is 10.6. The molecule has 0 aliphatic carbocycles. The molecule has 122 valence electrons. The summed E-state index contributed by atoms with van der Waals surface area (Å²) in [5, 5.41) is 2.12. The number of morpholine rings is 2. The van der Waals surface area contributed by atoms with Gasteiger partial charge in [0.25, 0.3) is 0 Å². The zero-order chi connectivity index (χ0) is 15.2. The Balaban J connectivity index is 1.66. The molecule has 2 fully saturated rings. The first-order valence-electron chi connectivity index (χ1n) is 7.82. The normalized spacial score (nSPS) is 22.7. The van der Waals surface area contributed by atoms with Gasteiger partial charge in [-0.2, -0.15) is 0 Å². The summed E-state index contributed by atoms with van der Waals surface area (Å²) in [6.07, 6.45) is 0. The molecule has 2 saturated heterocycles. The van der Waals surface area contributed by atoms with E-state index in [1.165, 1.54) is 4.88 Å². The van der Waals surface area contributed by atoms with Crippen molar-refractivity contribution in [3.8, 4) is 0 Å². The molecule has 1 atom stereocenters. The fourth-order valence-corrected chi connectivity index (χ4v) is 3.68. The van der Waals surface area contributed by atoms with E-state index in [4.69, 9.17) is 15.2 Å². The van der Waals surface area contributed by atoms with Crippen molar-refractivity contribution in [3.05, 3.63) is 22.4 Å². The van der Waals surface area contributed by atoms with E-state index in [-0.39, 0.29) is 0 Å². The van der Waals surface area contributed by atoms with Crippen LogP contribution in [0.1, 0.15) is 10.9 Å².